The highest BCUT2D eigenvalue weighted by Crippen LogP contribution is 2.27. The van der Waals surface area contributed by atoms with E-state index in [4.69, 9.17) is 0 Å². The van der Waals surface area contributed by atoms with Crippen molar-refractivity contribution in [2.75, 3.05) is 31.1 Å². The van der Waals surface area contributed by atoms with Crippen LogP contribution >= 0.6 is 0 Å². The van der Waals surface area contributed by atoms with E-state index in [1.807, 2.05) is 65.6 Å². The van der Waals surface area contributed by atoms with Crippen molar-refractivity contribution in [2.24, 2.45) is 0 Å². The number of nitrogens with zero attached hydrogens (tertiary/aromatic N) is 5. The number of amides is 1. The van der Waals surface area contributed by atoms with E-state index in [2.05, 4.69) is 15.2 Å². The van der Waals surface area contributed by atoms with Gasteiger partial charge in [-0.1, -0.05) is 53.7 Å². The van der Waals surface area contributed by atoms with E-state index in [0.29, 0.717) is 37.6 Å². The van der Waals surface area contributed by atoms with Gasteiger partial charge >= 0.3 is 0 Å². The third-order valence-corrected chi connectivity index (χ3v) is 5.68. The second-order valence-electron chi connectivity index (χ2n) is 7.66. The first-order chi connectivity index (χ1) is 15.7. The maximum atomic E-state index is 13.5. The van der Waals surface area contributed by atoms with Crippen LogP contribution in [-0.4, -0.2) is 52.0 Å². The molecular formula is C25H22FN5O. The number of carbonyl (C=O) groups is 1. The minimum atomic E-state index is -0.252. The van der Waals surface area contributed by atoms with Crippen molar-refractivity contribution < 1.29 is 9.18 Å². The van der Waals surface area contributed by atoms with Crippen LogP contribution in [-0.2, 0) is 0 Å². The summed E-state index contributed by atoms with van der Waals surface area (Å²) < 4.78 is 14.9. The molecule has 1 fully saturated rings. The summed E-state index contributed by atoms with van der Waals surface area (Å²) in [5, 5.41) is 8.62. The van der Waals surface area contributed by atoms with Gasteiger partial charge in [0, 0.05) is 37.4 Å². The summed E-state index contributed by atoms with van der Waals surface area (Å²) in [5.74, 6) is -0.387. The second kappa shape index (κ2) is 8.63. The molecule has 32 heavy (non-hydrogen) atoms. The number of para-hydroxylation sites is 1. The average molecular weight is 427 g/mol. The van der Waals surface area contributed by atoms with Crippen LogP contribution in [0.2, 0.25) is 0 Å². The minimum absolute atomic E-state index is 0.134. The Labute approximate surface area is 185 Å². The SMILES string of the molecule is O=C(c1nnn(-c2ccccc2)c1-c1ccccc1)N1CCN(c2ccc(F)cc2)CC1. The maximum Gasteiger partial charge on any atom is 0.276 e. The van der Waals surface area contributed by atoms with Gasteiger partial charge in [0.1, 0.15) is 11.5 Å². The highest BCUT2D eigenvalue weighted by atomic mass is 19.1. The summed E-state index contributed by atoms with van der Waals surface area (Å²) in [6.07, 6.45) is 0. The Morgan fingerprint density at radius 2 is 1.38 bits per heavy atom. The first-order valence-electron chi connectivity index (χ1n) is 10.6. The van der Waals surface area contributed by atoms with Gasteiger partial charge in [-0.2, -0.15) is 0 Å². The zero-order valence-electron chi connectivity index (χ0n) is 17.4. The minimum Gasteiger partial charge on any atom is -0.368 e. The number of aromatic nitrogens is 3. The molecule has 0 spiro atoms. The number of rotatable bonds is 4. The molecule has 1 saturated heterocycles. The van der Waals surface area contributed by atoms with Crippen molar-refractivity contribution >= 4 is 11.6 Å². The number of benzene rings is 3. The van der Waals surface area contributed by atoms with Crippen molar-refractivity contribution in [3.05, 3.63) is 96.4 Å². The monoisotopic (exact) mass is 427 g/mol. The van der Waals surface area contributed by atoms with Crippen molar-refractivity contribution in [1.29, 1.82) is 0 Å². The summed E-state index contributed by atoms with van der Waals surface area (Å²) >= 11 is 0. The average Bonchev–Trinajstić information content (AvgIpc) is 3.30. The predicted molar refractivity (Wildman–Crippen MR) is 121 cm³/mol. The van der Waals surface area contributed by atoms with Crippen LogP contribution in [0.5, 0.6) is 0 Å². The first kappa shape index (κ1) is 19.9. The van der Waals surface area contributed by atoms with Crippen LogP contribution < -0.4 is 4.90 Å². The topological polar surface area (TPSA) is 54.3 Å². The van der Waals surface area contributed by atoms with E-state index in [1.54, 1.807) is 16.8 Å². The highest BCUT2D eigenvalue weighted by molar-refractivity contribution is 5.98. The fourth-order valence-electron chi connectivity index (χ4n) is 4.00. The van der Waals surface area contributed by atoms with Gasteiger partial charge in [0.25, 0.3) is 5.91 Å². The third-order valence-electron chi connectivity index (χ3n) is 5.68. The van der Waals surface area contributed by atoms with Crippen molar-refractivity contribution in [3.8, 4) is 16.9 Å². The molecule has 1 aliphatic rings. The highest BCUT2D eigenvalue weighted by Gasteiger charge is 2.28. The zero-order valence-corrected chi connectivity index (χ0v) is 17.4. The van der Waals surface area contributed by atoms with E-state index in [9.17, 15) is 9.18 Å². The number of anilines is 1. The molecule has 4 aromatic rings. The summed E-state index contributed by atoms with van der Waals surface area (Å²) in [4.78, 5) is 17.4. The molecule has 0 radical (unpaired) electrons. The van der Waals surface area contributed by atoms with Gasteiger partial charge in [-0.25, -0.2) is 9.07 Å². The van der Waals surface area contributed by atoms with Crippen LogP contribution in [0.15, 0.2) is 84.9 Å². The standard InChI is InChI=1S/C25H22FN5O/c26-20-11-13-21(14-12-20)29-15-17-30(18-16-29)25(32)23-24(19-7-3-1-4-8-19)31(28-27-23)22-9-5-2-6-10-22/h1-14H,15-18H2. The molecule has 1 aliphatic heterocycles. The molecule has 1 aromatic heterocycles. The lowest BCUT2D eigenvalue weighted by atomic mass is 10.1. The Bertz CT molecular complexity index is 1200. The summed E-state index contributed by atoms with van der Waals surface area (Å²) in [5.41, 5.74) is 3.71. The van der Waals surface area contributed by atoms with E-state index in [0.717, 1.165) is 16.9 Å². The maximum absolute atomic E-state index is 13.5. The fraction of sp³-hybridized carbons (Fsp3) is 0.160. The van der Waals surface area contributed by atoms with Gasteiger partial charge in [0.05, 0.1) is 5.69 Å². The smallest absolute Gasteiger partial charge is 0.276 e. The molecular weight excluding hydrogens is 405 g/mol. The molecule has 0 N–H and O–H groups in total. The lowest BCUT2D eigenvalue weighted by Crippen LogP contribution is -2.49. The third kappa shape index (κ3) is 3.85. The fourth-order valence-corrected chi connectivity index (χ4v) is 4.00. The van der Waals surface area contributed by atoms with E-state index < -0.39 is 0 Å². The van der Waals surface area contributed by atoms with Gasteiger partial charge < -0.3 is 9.80 Å². The summed E-state index contributed by atoms with van der Waals surface area (Å²) in [6.45, 7) is 2.46. The quantitative estimate of drug-likeness (QED) is 0.493. The van der Waals surface area contributed by atoms with Crippen LogP contribution in [0.3, 0.4) is 0 Å². The van der Waals surface area contributed by atoms with Crippen LogP contribution in [0.4, 0.5) is 10.1 Å². The first-order valence-corrected chi connectivity index (χ1v) is 10.6. The Morgan fingerprint density at radius 3 is 2.03 bits per heavy atom. The zero-order chi connectivity index (χ0) is 21.9. The molecule has 7 heteroatoms. The molecule has 160 valence electrons. The second-order valence-corrected chi connectivity index (χ2v) is 7.66. The van der Waals surface area contributed by atoms with E-state index in [-0.39, 0.29) is 11.7 Å². The van der Waals surface area contributed by atoms with Crippen molar-refractivity contribution in [2.45, 2.75) is 0 Å². The molecule has 6 nitrogen and oxygen atoms in total. The molecule has 0 unspecified atom stereocenters. The van der Waals surface area contributed by atoms with E-state index >= 15 is 0 Å². The lowest BCUT2D eigenvalue weighted by Gasteiger charge is -2.35. The molecule has 0 aliphatic carbocycles. The summed E-state index contributed by atoms with van der Waals surface area (Å²) in [7, 11) is 0. The lowest BCUT2D eigenvalue weighted by molar-refractivity contribution is 0.0741. The summed E-state index contributed by atoms with van der Waals surface area (Å²) in [6, 6.07) is 25.9. The van der Waals surface area contributed by atoms with Crippen LogP contribution in [0.25, 0.3) is 16.9 Å². The molecule has 0 atom stereocenters. The Kier molecular flexibility index (Phi) is 5.37. The number of halogens is 1. The Balaban J connectivity index is 1.42. The van der Waals surface area contributed by atoms with Crippen molar-refractivity contribution in [3.63, 3.8) is 0 Å². The Hall–Kier alpha value is -4.00. The van der Waals surface area contributed by atoms with Gasteiger partial charge in [-0.05, 0) is 36.4 Å². The van der Waals surface area contributed by atoms with Gasteiger partial charge in [-0.15, -0.1) is 5.10 Å². The number of carbonyl (C=O) groups excluding carboxylic acids is 1. The normalized spacial score (nSPS) is 13.9. The van der Waals surface area contributed by atoms with Gasteiger partial charge in [0.2, 0.25) is 0 Å². The number of hydrogen-bond acceptors (Lipinski definition) is 4. The number of piperazine rings is 1. The molecule has 1 amide bonds. The molecule has 3 aromatic carbocycles. The van der Waals surface area contributed by atoms with E-state index in [1.165, 1.54) is 12.1 Å². The molecule has 0 saturated carbocycles. The molecule has 2 heterocycles. The number of hydrogen-bond donors (Lipinski definition) is 0. The van der Waals surface area contributed by atoms with Crippen molar-refractivity contribution in [1.82, 2.24) is 19.9 Å². The largest absolute Gasteiger partial charge is 0.368 e. The van der Waals surface area contributed by atoms with Crippen LogP contribution in [0, 0.1) is 5.82 Å². The Morgan fingerprint density at radius 1 is 0.750 bits per heavy atom. The van der Waals surface area contributed by atoms with Gasteiger partial charge in [0.15, 0.2) is 5.69 Å². The predicted octanol–water partition coefficient (Wildman–Crippen LogP) is 4.04. The molecule has 5 rings (SSSR count). The van der Waals surface area contributed by atoms with Crippen LogP contribution in [0.1, 0.15) is 10.5 Å². The van der Waals surface area contributed by atoms with Gasteiger partial charge in [-0.3, -0.25) is 4.79 Å². The molecule has 0 bridgehead atoms.